The molecule has 0 unspecified atom stereocenters. The topological polar surface area (TPSA) is 92.3 Å². The Morgan fingerprint density at radius 3 is 2.07 bits per heavy atom. The number of anilines is 1. The Morgan fingerprint density at radius 2 is 1.50 bits per heavy atom. The van der Waals surface area contributed by atoms with Crippen molar-refractivity contribution in [2.45, 2.75) is 25.9 Å². The average molecular weight is 417 g/mol. The third-order valence-corrected chi connectivity index (χ3v) is 4.38. The number of carbonyl (C=O) groups is 2. The van der Waals surface area contributed by atoms with E-state index in [1.54, 1.807) is 36.4 Å². The second-order valence-electron chi connectivity index (χ2n) is 6.36. The molecule has 0 spiro atoms. The van der Waals surface area contributed by atoms with Gasteiger partial charge < -0.3 is 29.0 Å². The van der Waals surface area contributed by atoms with Gasteiger partial charge in [0.25, 0.3) is 5.91 Å². The number of amides is 1. The highest BCUT2D eigenvalue weighted by Crippen LogP contribution is 2.38. The quantitative estimate of drug-likeness (QED) is 0.594. The fourth-order valence-electron chi connectivity index (χ4n) is 2.82. The molecule has 162 valence electrons. The van der Waals surface area contributed by atoms with Gasteiger partial charge in [0.15, 0.2) is 17.6 Å². The third-order valence-electron chi connectivity index (χ3n) is 4.38. The molecule has 0 aliphatic rings. The predicted octanol–water partition coefficient (Wildman–Crippen LogP) is 3.22. The second-order valence-corrected chi connectivity index (χ2v) is 6.36. The van der Waals surface area contributed by atoms with Gasteiger partial charge in [-0.2, -0.15) is 0 Å². The van der Waals surface area contributed by atoms with E-state index in [-0.39, 0.29) is 6.42 Å². The fraction of sp³-hybridized carbons (Fsp3) is 0.364. The first-order valence-corrected chi connectivity index (χ1v) is 9.35. The summed E-state index contributed by atoms with van der Waals surface area (Å²) in [5.41, 5.74) is 1.32. The van der Waals surface area contributed by atoms with Crippen molar-refractivity contribution in [3.05, 3.63) is 42.0 Å². The maximum atomic E-state index is 12.3. The van der Waals surface area contributed by atoms with Crippen LogP contribution in [0.3, 0.4) is 0 Å². The van der Waals surface area contributed by atoms with Gasteiger partial charge in [0.2, 0.25) is 5.75 Å². The van der Waals surface area contributed by atoms with Crippen LogP contribution < -0.4 is 24.3 Å². The standard InChI is InChI=1S/C22H27NO7/c1-14(22(25)23-16-8-6-7-9-17(16)26-2)30-20(24)11-10-15-12-18(27-3)21(29-5)19(13-15)28-4/h6-9,12-14H,10-11H2,1-5H3,(H,23,25)/t14-/m0/s1. The zero-order valence-electron chi connectivity index (χ0n) is 17.8. The van der Waals surface area contributed by atoms with Gasteiger partial charge in [0, 0.05) is 6.42 Å². The van der Waals surface area contributed by atoms with E-state index >= 15 is 0 Å². The molecule has 1 atom stereocenters. The average Bonchev–Trinajstić information content (AvgIpc) is 2.76. The molecular weight excluding hydrogens is 390 g/mol. The number of hydrogen-bond donors (Lipinski definition) is 1. The SMILES string of the molecule is COc1ccccc1NC(=O)[C@H](C)OC(=O)CCc1cc(OC)c(OC)c(OC)c1. The van der Waals surface area contributed by atoms with E-state index < -0.39 is 18.0 Å². The number of rotatable bonds is 10. The van der Waals surface area contributed by atoms with E-state index in [9.17, 15) is 9.59 Å². The fourth-order valence-corrected chi connectivity index (χ4v) is 2.82. The molecule has 0 radical (unpaired) electrons. The molecule has 1 N–H and O–H groups in total. The van der Waals surface area contributed by atoms with Gasteiger partial charge in [-0.1, -0.05) is 12.1 Å². The smallest absolute Gasteiger partial charge is 0.306 e. The van der Waals surface area contributed by atoms with E-state index in [1.807, 2.05) is 0 Å². The van der Waals surface area contributed by atoms with Crippen LogP contribution in [0.1, 0.15) is 18.9 Å². The second kappa shape index (κ2) is 10.9. The largest absolute Gasteiger partial charge is 0.495 e. The number of ether oxygens (including phenoxy) is 5. The molecule has 0 aromatic heterocycles. The molecule has 30 heavy (non-hydrogen) atoms. The number of hydrogen-bond acceptors (Lipinski definition) is 7. The summed E-state index contributed by atoms with van der Waals surface area (Å²) in [7, 11) is 6.08. The number of methoxy groups -OCH3 is 4. The van der Waals surface area contributed by atoms with Crippen LogP contribution in [-0.2, 0) is 20.7 Å². The number of nitrogens with one attached hydrogen (secondary N) is 1. The minimum absolute atomic E-state index is 0.0882. The van der Waals surface area contributed by atoms with Crippen LogP contribution in [0.15, 0.2) is 36.4 Å². The van der Waals surface area contributed by atoms with Crippen molar-refractivity contribution in [2.24, 2.45) is 0 Å². The summed E-state index contributed by atoms with van der Waals surface area (Å²) in [4.78, 5) is 24.6. The van der Waals surface area contributed by atoms with Crippen molar-refractivity contribution < 1.29 is 33.3 Å². The van der Waals surface area contributed by atoms with Crippen LogP contribution in [0.25, 0.3) is 0 Å². The van der Waals surface area contributed by atoms with Gasteiger partial charge in [-0.25, -0.2) is 0 Å². The highest BCUT2D eigenvalue weighted by Gasteiger charge is 2.20. The minimum Gasteiger partial charge on any atom is -0.495 e. The molecule has 1 amide bonds. The Balaban J connectivity index is 1.94. The first-order valence-electron chi connectivity index (χ1n) is 9.35. The zero-order valence-corrected chi connectivity index (χ0v) is 17.8. The van der Waals surface area contributed by atoms with Crippen LogP contribution in [0.4, 0.5) is 5.69 Å². The summed E-state index contributed by atoms with van der Waals surface area (Å²) in [6.45, 7) is 1.52. The van der Waals surface area contributed by atoms with E-state index in [0.717, 1.165) is 5.56 Å². The molecule has 0 saturated heterocycles. The summed E-state index contributed by atoms with van der Waals surface area (Å²) in [6, 6.07) is 10.5. The van der Waals surface area contributed by atoms with E-state index in [1.165, 1.54) is 35.4 Å². The number of para-hydroxylation sites is 2. The Labute approximate surface area is 176 Å². The molecule has 2 aromatic carbocycles. The van der Waals surface area contributed by atoms with Crippen molar-refractivity contribution in [2.75, 3.05) is 33.8 Å². The minimum atomic E-state index is -0.956. The van der Waals surface area contributed by atoms with Crippen molar-refractivity contribution in [1.29, 1.82) is 0 Å². The van der Waals surface area contributed by atoms with Crippen LogP contribution in [-0.4, -0.2) is 46.4 Å². The molecule has 0 saturated carbocycles. The molecule has 0 aliphatic carbocycles. The summed E-state index contributed by atoms with van der Waals surface area (Å²) in [5.74, 6) is 1.07. The Kier molecular flexibility index (Phi) is 8.34. The molecular formula is C22H27NO7. The molecule has 0 fully saturated rings. The third kappa shape index (κ3) is 5.79. The zero-order chi connectivity index (χ0) is 22.1. The lowest BCUT2D eigenvalue weighted by Gasteiger charge is -2.16. The van der Waals surface area contributed by atoms with Gasteiger partial charge in [-0.05, 0) is 43.2 Å². The maximum absolute atomic E-state index is 12.3. The van der Waals surface area contributed by atoms with Gasteiger partial charge in [-0.3, -0.25) is 9.59 Å². The first kappa shape index (κ1) is 22.9. The highest BCUT2D eigenvalue weighted by atomic mass is 16.5. The molecule has 2 rings (SSSR count). The lowest BCUT2D eigenvalue weighted by Crippen LogP contribution is -2.30. The number of carbonyl (C=O) groups excluding carboxylic acids is 2. The summed E-state index contributed by atoms with van der Waals surface area (Å²) < 4.78 is 26.4. The van der Waals surface area contributed by atoms with Crippen LogP contribution in [0.5, 0.6) is 23.0 Å². The molecule has 8 heteroatoms. The van der Waals surface area contributed by atoms with Gasteiger partial charge >= 0.3 is 5.97 Å². The Hall–Kier alpha value is -3.42. The van der Waals surface area contributed by atoms with Crippen LogP contribution >= 0.6 is 0 Å². The molecule has 0 heterocycles. The highest BCUT2D eigenvalue weighted by molar-refractivity contribution is 5.96. The Morgan fingerprint density at radius 1 is 0.900 bits per heavy atom. The predicted molar refractivity (Wildman–Crippen MR) is 112 cm³/mol. The molecule has 0 aliphatic heterocycles. The van der Waals surface area contributed by atoms with E-state index in [4.69, 9.17) is 23.7 Å². The monoisotopic (exact) mass is 417 g/mol. The molecule has 2 aromatic rings. The summed E-state index contributed by atoms with van der Waals surface area (Å²) >= 11 is 0. The normalized spacial score (nSPS) is 11.2. The lowest BCUT2D eigenvalue weighted by atomic mass is 10.1. The van der Waals surface area contributed by atoms with Crippen LogP contribution in [0.2, 0.25) is 0 Å². The summed E-state index contributed by atoms with van der Waals surface area (Å²) in [5, 5.41) is 2.70. The summed E-state index contributed by atoms with van der Waals surface area (Å²) in [6.07, 6.45) is -0.483. The number of aryl methyl sites for hydroxylation is 1. The van der Waals surface area contributed by atoms with Gasteiger partial charge in [0.05, 0.1) is 34.1 Å². The number of benzene rings is 2. The lowest BCUT2D eigenvalue weighted by molar-refractivity contribution is -0.153. The van der Waals surface area contributed by atoms with Gasteiger partial charge in [0.1, 0.15) is 5.75 Å². The maximum Gasteiger partial charge on any atom is 0.306 e. The van der Waals surface area contributed by atoms with E-state index in [2.05, 4.69) is 5.32 Å². The van der Waals surface area contributed by atoms with Crippen molar-refractivity contribution in [3.8, 4) is 23.0 Å². The van der Waals surface area contributed by atoms with Crippen molar-refractivity contribution in [3.63, 3.8) is 0 Å². The Bertz CT molecular complexity index is 857. The van der Waals surface area contributed by atoms with Crippen molar-refractivity contribution in [1.82, 2.24) is 0 Å². The van der Waals surface area contributed by atoms with Crippen LogP contribution in [0, 0.1) is 0 Å². The van der Waals surface area contributed by atoms with Crippen molar-refractivity contribution >= 4 is 17.6 Å². The van der Waals surface area contributed by atoms with E-state index in [0.29, 0.717) is 35.1 Å². The molecule has 0 bridgehead atoms. The first-order chi connectivity index (χ1) is 14.4. The molecule has 8 nitrogen and oxygen atoms in total. The van der Waals surface area contributed by atoms with Gasteiger partial charge in [-0.15, -0.1) is 0 Å². The number of esters is 1.